The Morgan fingerprint density at radius 2 is 2.12 bits per heavy atom. The van der Waals surface area contributed by atoms with Gasteiger partial charge in [-0.3, -0.25) is 9.69 Å². The third-order valence-electron chi connectivity index (χ3n) is 3.87. The Morgan fingerprint density at radius 1 is 1.36 bits per heavy atom. The molecule has 1 N–H and O–H groups in total. The summed E-state index contributed by atoms with van der Waals surface area (Å²) in [5.41, 5.74) is 1.09. The maximum absolute atomic E-state index is 14.2. The zero-order valence-electron chi connectivity index (χ0n) is 14.1. The zero-order chi connectivity index (χ0) is 18.1. The maximum atomic E-state index is 14.2. The standard InChI is InChI=1S/C17H18FIN4O2/c1-10-6-15(21-25-10)16(24)12-8-22(2)9-23(3)17(12)20-14-5-4-11(19)7-13(14)18/h4-7,20H,8-9H2,1-3H3. The molecular formula is C17H18FIN4O2. The lowest BCUT2D eigenvalue weighted by Crippen LogP contribution is -2.43. The number of Topliss-reactive ketones (excluding diaryl/α,β-unsaturated/α-hetero) is 1. The number of aryl methyl sites for hydroxylation is 1. The Balaban J connectivity index is 2.01. The van der Waals surface area contributed by atoms with Gasteiger partial charge in [-0.15, -0.1) is 0 Å². The fourth-order valence-electron chi connectivity index (χ4n) is 2.75. The van der Waals surface area contributed by atoms with E-state index in [1.54, 1.807) is 19.1 Å². The average molecular weight is 456 g/mol. The van der Waals surface area contributed by atoms with Gasteiger partial charge in [0, 0.05) is 23.2 Å². The van der Waals surface area contributed by atoms with Gasteiger partial charge in [-0.2, -0.15) is 0 Å². The van der Waals surface area contributed by atoms with Crippen LogP contribution in [0.1, 0.15) is 16.2 Å². The fraction of sp³-hybridized carbons (Fsp3) is 0.294. The van der Waals surface area contributed by atoms with Gasteiger partial charge in [-0.25, -0.2) is 4.39 Å². The van der Waals surface area contributed by atoms with Crippen molar-refractivity contribution in [2.75, 3.05) is 32.6 Å². The highest BCUT2D eigenvalue weighted by Gasteiger charge is 2.28. The van der Waals surface area contributed by atoms with Crippen LogP contribution in [0, 0.1) is 16.3 Å². The molecule has 0 unspecified atom stereocenters. The average Bonchev–Trinajstić information content (AvgIpc) is 2.97. The minimum atomic E-state index is -0.365. The molecule has 0 fully saturated rings. The summed E-state index contributed by atoms with van der Waals surface area (Å²) in [5, 5.41) is 6.89. The molecule has 0 atom stereocenters. The number of likely N-dealkylation sites (N-methyl/N-ethyl adjacent to an activating group) is 1. The van der Waals surface area contributed by atoms with Crippen molar-refractivity contribution < 1.29 is 13.7 Å². The lowest BCUT2D eigenvalue weighted by Gasteiger charge is -2.35. The number of hydrogen-bond donors (Lipinski definition) is 1. The van der Waals surface area contributed by atoms with Crippen molar-refractivity contribution in [3.63, 3.8) is 0 Å². The van der Waals surface area contributed by atoms with E-state index in [0.717, 1.165) is 3.57 Å². The topological polar surface area (TPSA) is 61.6 Å². The van der Waals surface area contributed by atoms with Gasteiger partial charge in [0.25, 0.3) is 0 Å². The molecule has 25 heavy (non-hydrogen) atoms. The summed E-state index contributed by atoms with van der Waals surface area (Å²) in [5.74, 6) is 0.544. The SMILES string of the molecule is Cc1cc(C(=O)C2=C(Nc3ccc(I)cc3F)N(C)CN(C)C2)no1. The predicted molar refractivity (Wildman–Crippen MR) is 101 cm³/mol. The molecule has 0 aliphatic carbocycles. The summed E-state index contributed by atoms with van der Waals surface area (Å²) in [6.07, 6.45) is 0. The summed E-state index contributed by atoms with van der Waals surface area (Å²) in [6, 6.07) is 6.52. The molecule has 2 aromatic rings. The molecule has 2 heterocycles. The summed E-state index contributed by atoms with van der Waals surface area (Å²) in [6.45, 7) is 2.78. The smallest absolute Gasteiger partial charge is 0.215 e. The first-order chi connectivity index (χ1) is 11.8. The van der Waals surface area contributed by atoms with Gasteiger partial charge >= 0.3 is 0 Å². The maximum Gasteiger partial charge on any atom is 0.215 e. The van der Waals surface area contributed by atoms with E-state index in [1.807, 2.05) is 30.0 Å². The molecule has 0 saturated carbocycles. The molecule has 8 heteroatoms. The van der Waals surface area contributed by atoms with Gasteiger partial charge in [0.15, 0.2) is 5.69 Å². The second-order valence-electron chi connectivity index (χ2n) is 6.08. The van der Waals surface area contributed by atoms with Crippen LogP contribution < -0.4 is 5.32 Å². The zero-order valence-corrected chi connectivity index (χ0v) is 16.3. The number of halogens is 2. The largest absolute Gasteiger partial charge is 0.361 e. The summed E-state index contributed by atoms with van der Waals surface area (Å²) >= 11 is 2.05. The van der Waals surface area contributed by atoms with Gasteiger partial charge in [-0.1, -0.05) is 5.16 Å². The van der Waals surface area contributed by atoms with Gasteiger partial charge < -0.3 is 14.7 Å². The molecule has 1 aromatic heterocycles. The number of carbonyl (C=O) groups excluding carboxylic acids is 1. The van der Waals surface area contributed by atoms with Crippen molar-refractivity contribution in [3.05, 3.63) is 56.5 Å². The minimum absolute atomic E-state index is 0.233. The van der Waals surface area contributed by atoms with Crippen molar-refractivity contribution in [2.45, 2.75) is 6.92 Å². The molecule has 6 nitrogen and oxygen atoms in total. The Hall–Kier alpha value is -1.94. The first-order valence-corrected chi connectivity index (χ1v) is 8.76. The van der Waals surface area contributed by atoms with E-state index >= 15 is 0 Å². The van der Waals surface area contributed by atoms with Gasteiger partial charge in [-0.05, 0) is 54.8 Å². The lowest BCUT2D eigenvalue weighted by molar-refractivity contribution is 0.0989. The number of benzene rings is 1. The lowest BCUT2D eigenvalue weighted by atomic mass is 10.1. The van der Waals surface area contributed by atoms with Crippen molar-refractivity contribution >= 4 is 34.1 Å². The van der Waals surface area contributed by atoms with Crippen LogP contribution in [0.5, 0.6) is 0 Å². The van der Waals surface area contributed by atoms with E-state index in [1.165, 1.54) is 6.07 Å². The van der Waals surface area contributed by atoms with Crippen LogP contribution in [-0.4, -0.2) is 48.0 Å². The number of nitrogens with one attached hydrogen (secondary N) is 1. The van der Waals surface area contributed by atoms with E-state index in [0.29, 0.717) is 36.1 Å². The number of aromatic nitrogens is 1. The Kier molecular flexibility index (Phi) is 5.09. The van der Waals surface area contributed by atoms with Crippen LogP contribution in [0.3, 0.4) is 0 Å². The number of anilines is 1. The fourth-order valence-corrected chi connectivity index (χ4v) is 3.21. The van der Waals surface area contributed by atoms with Gasteiger partial charge in [0.1, 0.15) is 17.4 Å². The third-order valence-corrected chi connectivity index (χ3v) is 4.54. The molecule has 1 aliphatic heterocycles. The van der Waals surface area contributed by atoms with Crippen LogP contribution in [0.15, 0.2) is 40.2 Å². The highest BCUT2D eigenvalue weighted by molar-refractivity contribution is 14.1. The highest BCUT2D eigenvalue weighted by atomic mass is 127. The Labute approximate surface area is 158 Å². The van der Waals surface area contributed by atoms with Crippen LogP contribution in [0.2, 0.25) is 0 Å². The van der Waals surface area contributed by atoms with Crippen molar-refractivity contribution in [2.24, 2.45) is 0 Å². The van der Waals surface area contributed by atoms with Crippen molar-refractivity contribution in [3.8, 4) is 0 Å². The van der Waals surface area contributed by atoms with Crippen LogP contribution in [0.4, 0.5) is 10.1 Å². The Bertz CT molecular complexity index is 849. The second kappa shape index (κ2) is 7.12. The van der Waals surface area contributed by atoms with Crippen molar-refractivity contribution in [1.82, 2.24) is 15.0 Å². The molecule has 0 saturated heterocycles. The molecule has 1 aliphatic rings. The highest BCUT2D eigenvalue weighted by Crippen LogP contribution is 2.25. The van der Waals surface area contributed by atoms with Crippen LogP contribution in [0.25, 0.3) is 0 Å². The molecule has 132 valence electrons. The first-order valence-electron chi connectivity index (χ1n) is 7.68. The second-order valence-corrected chi connectivity index (χ2v) is 7.33. The number of ketones is 1. The molecule has 1 aromatic carbocycles. The van der Waals surface area contributed by atoms with E-state index in [-0.39, 0.29) is 17.3 Å². The summed E-state index contributed by atoms with van der Waals surface area (Å²) in [4.78, 5) is 16.7. The van der Waals surface area contributed by atoms with Crippen LogP contribution in [-0.2, 0) is 0 Å². The van der Waals surface area contributed by atoms with E-state index in [4.69, 9.17) is 4.52 Å². The summed E-state index contributed by atoms with van der Waals surface area (Å²) in [7, 11) is 3.77. The van der Waals surface area contributed by atoms with E-state index in [9.17, 15) is 9.18 Å². The van der Waals surface area contributed by atoms with Gasteiger partial charge in [0.2, 0.25) is 5.78 Å². The first kappa shape index (κ1) is 17.9. The number of carbonyl (C=O) groups is 1. The quantitative estimate of drug-likeness (QED) is 0.564. The number of rotatable bonds is 4. The number of nitrogens with zero attached hydrogens (tertiary/aromatic N) is 3. The van der Waals surface area contributed by atoms with Gasteiger partial charge in [0.05, 0.1) is 17.9 Å². The minimum Gasteiger partial charge on any atom is -0.361 e. The van der Waals surface area contributed by atoms with Crippen LogP contribution >= 0.6 is 22.6 Å². The predicted octanol–water partition coefficient (Wildman–Crippen LogP) is 3.07. The van der Waals surface area contributed by atoms with E-state index in [2.05, 4.69) is 33.1 Å². The third kappa shape index (κ3) is 3.84. The Morgan fingerprint density at radius 3 is 2.76 bits per heavy atom. The van der Waals surface area contributed by atoms with Crippen molar-refractivity contribution in [1.29, 1.82) is 0 Å². The molecule has 0 amide bonds. The molecule has 0 bridgehead atoms. The van der Waals surface area contributed by atoms with E-state index < -0.39 is 0 Å². The molecule has 3 rings (SSSR count). The normalized spacial score (nSPS) is 15.6. The number of hydrogen-bond acceptors (Lipinski definition) is 6. The molecule has 0 spiro atoms. The molecule has 0 radical (unpaired) electrons. The summed E-state index contributed by atoms with van der Waals surface area (Å²) < 4.78 is 20.1. The monoisotopic (exact) mass is 456 g/mol. The molecular weight excluding hydrogens is 438 g/mol.